The molecule has 0 bridgehead atoms. The second kappa shape index (κ2) is 8.20. The molecule has 26 heavy (non-hydrogen) atoms. The first kappa shape index (κ1) is 17.5. The monoisotopic (exact) mass is 352 g/mol. The number of nitrogens with one attached hydrogen (secondary N) is 2. The van der Waals surface area contributed by atoms with Crippen molar-refractivity contribution in [2.24, 2.45) is 0 Å². The van der Waals surface area contributed by atoms with Gasteiger partial charge in [0.25, 0.3) is 5.91 Å². The molecular formula is C20H20N2O4. The van der Waals surface area contributed by atoms with E-state index in [0.717, 1.165) is 11.0 Å². The van der Waals surface area contributed by atoms with Crippen molar-refractivity contribution in [3.05, 3.63) is 65.9 Å². The van der Waals surface area contributed by atoms with E-state index >= 15 is 0 Å². The van der Waals surface area contributed by atoms with E-state index in [0.29, 0.717) is 23.7 Å². The molecule has 0 fully saturated rings. The fourth-order valence-electron chi connectivity index (χ4n) is 2.50. The number of hydrogen-bond acceptors (Lipinski definition) is 4. The standard InChI is InChI=1S/C20H20N2O4/c1-2-25-16-9-7-14(8-10-16)20(24)22-13-19(23)21-12-17-11-15-5-3-4-6-18(15)26-17/h3-11H,2,12-13H2,1H3,(H,21,23)(H,22,24). The zero-order chi connectivity index (χ0) is 18.4. The Hall–Kier alpha value is -3.28. The second-order valence-corrected chi connectivity index (χ2v) is 5.67. The third kappa shape index (κ3) is 4.42. The number of ether oxygens (including phenoxy) is 1. The predicted octanol–water partition coefficient (Wildman–Crippen LogP) is 2.88. The molecule has 2 amide bonds. The molecule has 0 unspecified atom stereocenters. The van der Waals surface area contributed by atoms with Crippen molar-refractivity contribution in [3.63, 3.8) is 0 Å². The molecule has 6 heteroatoms. The van der Waals surface area contributed by atoms with E-state index in [4.69, 9.17) is 9.15 Å². The first-order chi connectivity index (χ1) is 12.7. The van der Waals surface area contributed by atoms with Crippen molar-refractivity contribution in [1.29, 1.82) is 0 Å². The molecule has 3 rings (SSSR count). The lowest BCUT2D eigenvalue weighted by Gasteiger charge is -2.07. The van der Waals surface area contributed by atoms with Gasteiger partial charge in [0.15, 0.2) is 0 Å². The van der Waals surface area contributed by atoms with Crippen LogP contribution in [0.5, 0.6) is 5.75 Å². The zero-order valence-corrected chi connectivity index (χ0v) is 14.5. The molecule has 0 aliphatic carbocycles. The number of carbonyl (C=O) groups excluding carboxylic acids is 2. The maximum absolute atomic E-state index is 12.1. The lowest BCUT2D eigenvalue weighted by atomic mass is 10.2. The highest BCUT2D eigenvalue weighted by Crippen LogP contribution is 2.18. The Morgan fingerprint density at radius 1 is 1.04 bits per heavy atom. The third-order valence-corrected chi connectivity index (χ3v) is 3.77. The summed E-state index contributed by atoms with van der Waals surface area (Å²) >= 11 is 0. The number of benzene rings is 2. The summed E-state index contributed by atoms with van der Waals surface area (Å²) in [6, 6.07) is 16.3. The summed E-state index contributed by atoms with van der Waals surface area (Å²) in [6.07, 6.45) is 0. The highest BCUT2D eigenvalue weighted by atomic mass is 16.5. The van der Waals surface area contributed by atoms with E-state index in [1.807, 2.05) is 37.3 Å². The molecule has 0 saturated carbocycles. The number of carbonyl (C=O) groups is 2. The van der Waals surface area contributed by atoms with E-state index in [2.05, 4.69) is 10.6 Å². The van der Waals surface area contributed by atoms with Crippen molar-refractivity contribution >= 4 is 22.8 Å². The molecule has 2 aromatic carbocycles. The zero-order valence-electron chi connectivity index (χ0n) is 14.5. The van der Waals surface area contributed by atoms with Gasteiger partial charge in [-0.05, 0) is 43.3 Å². The van der Waals surface area contributed by atoms with Crippen LogP contribution in [0, 0.1) is 0 Å². The fourth-order valence-corrected chi connectivity index (χ4v) is 2.50. The Kier molecular flexibility index (Phi) is 5.53. The summed E-state index contributed by atoms with van der Waals surface area (Å²) in [5.74, 6) is 0.765. The average molecular weight is 352 g/mol. The topological polar surface area (TPSA) is 80.6 Å². The van der Waals surface area contributed by atoms with E-state index in [1.165, 1.54) is 0 Å². The van der Waals surface area contributed by atoms with Gasteiger partial charge in [0.05, 0.1) is 19.7 Å². The minimum Gasteiger partial charge on any atom is -0.494 e. The van der Waals surface area contributed by atoms with Gasteiger partial charge < -0.3 is 19.8 Å². The number of para-hydroxylation sites is 1. The molecule has 3 aromatic rings. The summed E-state index contributed by atoms with van der Waals surface area (Å²) in [6.45, 7) is 2.63. The number of amides is 2. The van der Waals surface area contributed by atoms with Crippen LogP contribution in [0.15, 0.2) is 59.0 Å². The van der Waals surface area contributed by atoms with Crippen LogP contribution >= 0.6 is 0 Å². The molecule has 0 radical (unpaired) electrons. The third-order valence-electron chi connectivity index (χ3n) is 3.77. The fraction of sp³-hybridized carbons (Fsp3) is 0.200. The molecule has 6 nitrogen and oxygen atoms in total. The van der Waals surface area contributed by atoms with Crippen molar-refractivity contribution < 1.29 is 18.7 Å². The highest BCUT2D eigenvalue weighted by Gasteiger charge is 2.09. The van der Waals surface area contributed by atoms with Gasteiger partial charge in [-0.1, -0.05) is 18.2 Å². The van der Waals surface area contributed by atoms with E-state index in [1.54, 1.807) is 24.3 Å². The summed E-state index contributed by atoms with van der Waals surface area (Å²) in [5, 5.41) is 6.30. The molecule has 0 aliphatic heterocycles. The highest BCUT2D eigenvalue weighted by molar-refractivity contribution is 5.96. The van der Waals surface area contributed by atoms with E-state index < -0.39 is 0 Å². The van der Waals surface area contributed by atoms with Crippen LogP contribution in [-0.4, -0.2) is 25.0 Å². The number of rotatable bonds is 7. The Morgan fingerprint density at radius 2 is 1.81 bits per heavy atom. The minimum absolute atomic E-state index is 0.105. The van der Waals surface area contributed by atoms with Crippen molar-refractivity contribution in [2.75, 3.05) is 13.2 Å². The van der Waals surface area contributed by atoms with Gasteiger partial charge in [-0.25, -0.2) is 0 Å². The van der Waals surface area contributed by atoms with E-state index in [-0.39, 0.29) is 24.9 Å². The van der Waals surface area contributed by atoms with Crippen LogP contribution in [0.4, 0.5) is 0 Å². The van der Waals surface area contributed by atoms with Crippen LogP contribution in [0.2, 0.25) is 0 Å². The van der Waals surface area contributed by atoms with Crippen LogP contribution in [-0.2, 0) is 11.3 Å². The largest absolute Gasteiger partial charge is 0.494 e. The van der Waals surface area contributed by atoms with Crippen molar-refractivity contribution in [2.45, 2.75) is 13.5 Å². The molecule has 0 saturated heterocycles. The van der Waals surface area contributed by atoms with Gasteiger partial charge in [0.1, 0.15) is 17.1 Å². The van der Waals surface area contributed by atoms with Crippen LogP contribution in [0.1, 0.15) is 23.0 Å². The summed E-state index contributed by atoms with van der Waals surface area (Å²) in [4.78, 5) is 24.0. The summed E-state index contributed by atoms with van der Waals surface area (Å²) in [5.41, 5.74) is 1.25. The Bertz CT molecular complexity index is 867. The number of hydrogen-bond donors (Lipinski definition) is 2. The lowest BCUT2D eigenvalue weighted by molar-refractivity contribution is -0.120. The van der Waals surface area contributed by atoms with E-state index in [9.17, 15) is 9.59 Å². The van der Waals surface area contributed by atoms with Gasteiger partial charge in [0, 0.05) is 10.9 Å². The number of furan rings is 1. The normalized spacial score (nSPS) is 10.5. The smallest absolute Gasteiger partial charge is 0.251 e. The van der Waals surface area contributed by atoms with Crippen LogP contribution < -0.4 is 15.4 Å². The summed E-state index contributed by atoms with van der Waals surface area (Å²) < 4.78 is 11.0. The number of fused-ring (bicyclic) bond motifs is 1. The first-order valence-electron chi connectivity index (χ1n) is 8.41. The average Bonchev–Trinajstić information content (AvgIpc) is 3.08. The van der Waals surface area contributed by atoms with Gasteiger partial charge in [-0.15, -0.1) is 0 Å². The molecule has 1 heterocycles. The maximum atomic E-state index is 12.1. The van der Waals surface area contributed by atoms with Gasteiger partial charge in [-0.3, -0.25) is 9.59 Å². The molecule has 0 atom stereocenters. The predicted molar refractivity (Wildman–Crippen MR) is 98.0 cm³/mol. The molecule has 0 spiro atoms. The molecule has 0 aliphatic rings. The van der Waals surface area contributed by atoms with Gasteiger partial charge in [0.2, 0.25) is 5.91 Å². The Morgan fingerprint density at radius 3 is 2.54 bits per heavy atom. The molecule has 1 aromatic heterocycles. The Balaban J connectivity index is 1.46. The van der Waals surface area contributed by atoms with Crippen molar-refractivity contribution in [3.8, 4) is 5.75 Å². The van der Waals surface area contributed by atoms with Crippen molar-refractivity contribution in [1.82, 2.24) is 10.6 Å². The molecule has 134 valence electrons. The minimum atomic E-state index is -0.313. The molecular weight excluding hydrogens is 332 g/mol. The first-order valence-corrected chi connectivity index (χ1v) is 8.41. The Labute approximate surface area is 151 Å². The quantitative estimate of drug-likeness (QED) is 0.685. The summed E-state index contributed by atoms with van der Waals surface area (Å²) in [7, 11) is 0. The maximum Gasteiger partial charge on any atom is 0.251 e. The van der Waals surface area contributed by atoms with Gasteiger partial charge >= 0.3 is 0 Å². The van der Waals surface area contributed by atoms with Gasteiger partial charge in [-0.2, -0.15) is 0 Å². The molecule has 2 N–H and O–H groups in total. The van der Waals surface area contributed by atoms with Crippen LogP contribution in [0.25, 0.3) is 11.0 Å². The van der Waals surface area contributed by atoms with Crippen LogP contribution in [0.3, 0.4) is 0 Å². The SMILES string of the molecule is CCOc1ccc(C(=O)NCC(=O)NCc2cc3ccccc3o2)cc1. The second-order valence-electron chi connectivity index (χ2n) is 5.67. The lowest BCUT2D eigenvalue weighted by Crippen LogP contribution is -2.36.